The van der Waals surface area contributed by atoms with Crippen molar-refractivity contribution >= 4 is 34.5 Å². The van der Waals surface area contributed by atoms with E-state index in [2.05, 4.69) is 25.7 Å². The maximum Gasteiger partial charge on any atom is 0.422 e. The molecule has 0 amide bonds. The van der Waals surface area contributed by atoms with Gasteiger partial charge in [0.05, 0.1) is 11.2 Å². The Hall–Kier alpha value is -3.35. The zero-order valence-electron chi connectivity index (χ0n) is 15.9. The number of halogens is 3. The van der Waals surface area contributed by atoms with E-state index in [9.17, 15) is 22.8 Å². The Morgan fingerprint density at radius 3 is 2.68 bits per heavy atom. The minimum atomic E-state index is -4.43. The third kappa shape index (κ3) is 6.31. The highest BCUT2D eigenvalue weighted by molar-refractivity contribution is 7.99. The Morgan fingerprint density at radius 2 is 2.00 bits per heavy atom. The van der Waals surface area contributed by atoms with Crippen LogP contribution in [0.4, 0.5) is 18.9 Å². The third-order valence-corrected chi connectivity index (χ3v) is 4.91. The molecule has 13 heteroatoms. The SMILES string of the molecule is O=C(O)CCCSc1nc2cc[nH]c2c(=O)n1NNc1ccc(OCC(F)(F)F)cc1. The van der Waals surface area contributed by atoms with Gasteiger partial charge in [-0.05, 0) is 36.8 Å². The maximum atomic E-state index is 12.8. The van der Waals surface area contributed by atoms with E-state index in [1.807, 2.05) is 0 Å². The van der Waals surface area contributed by atoms with Gasteiger partial charge in [0.2, 0.25) is 0 Å². The summed E-state index contributed by atoms with van der Waals surface area (Å²) in [4.78, 5) is 30.7. The van der Waals surface area contributed by atoms with E-state index in [-0.39, 0.29) is 17.7 Å². The summed E-state index contributed by atoms with van der Waals surface area (Å²) >= 11 is 1.21. The van der Waals surface area contributed by atoms with E-state index >= 15 is 0 Å². The number of fused-ring (bicyclic) bond motifs is 1. The number of nitrogens with zero attached hydrogens (tertiary/aromatic N) is 2. The first-order valence-electron chi connectivity index (χ1n) is 8.99. The Labute approximate surface area is 177 Å². The lowest BCUT2D eigenvalue weighted by molar-refractivity contribution is -0.153. The standard InChI is InChI=1S/C18H18F3N5O4S/c19-18(20,21)10-30-12-5-3-11(4-6-12)24-25-26-16(29)15-13(7-8-22-15)23-17(26)31-9-1-2-14(27)28/h3-8,22,24-25H,1-2,9-10H2,(H,27,28). The molecule has 3 aromatic rings. The molecule has 0 bridgehead atoms. The summed E-state index contributed by atoms with van der Waals surface area (Å²) in [7, 11) is 0. The lowest BCUT2D eigenvalue weighted by Gasteiger charge is -2.16. The van der Waals surface area contributed by atoms with E-state index in [0.717, 1.165) is 0 Å². The molecule has 2 aromatic heterocycles. The van der Waals surface area contributed by atoms with E-state index in [1.165, 1.54) is 40.7 Å². The van der Waals surface area contributed by atoms with Gasteiger partial charge in [0, 0.05) is 18.4 Å². The number of alkyl halides is 3. The van der Waals surface area contributed by atoms with Gasteiger partial charge in [0.25, 0.3) is 5.56 Å². The Balaban J connectivity index is 1.71. The second kappa shape index (κ2) is 9.64. The van der Waals surface area contributed by atoms with Crippen molar-refractivity contribution in [3.63, 3.8) is 0 Å². The minimum Gasteiger partial charge on any atom is -0.484 e. The molecule has 3 rings (SSSR count). The largest absolute Gasteiger partial charge is 0.484 e. The van der Waals surface area contributed by atoms with Crippen LogP contribution in [0.2, 0.25) is 0 Å². The number of hydrogen-bond donors (Lipinski definition) is 4. The molecule has 0 spiro atoms. The number of aliphatic carboxylic acids is 1. The predicted molar refractivity (Wildman–Crippen MR) is 109 cm³/mol. The van der Waals surface area contributed by atoms with Crippen molar-refractivity contribution < 1.29 is 27.8 Å². The summed E-state index contributed by atoms with van der Waals surface area (Å²) in [5.41, 5.74) is 6.29. The van der Waals surface area contributed by atoms with Crippen LogP contribution in [-0.4, -0.2) is 44.3 Å². The summed E-state index contributed by atoms with van der Waals surface area (Å²) in [6.07, 6.45) is -2.46. The monoisotopic (exact) mass is 457 g/mol. The molecular formula is C18H18F3N5O4S. The highest BCUT2D eigenvalue weighted by Crippen LogP contribution is 2.21. The highest BCUT2D eigenvalue weighted by Gasteiger charge is 2.28. The Bertz CT molecular complexity index is 1100. The van der Waals surface area contributed by atoms with Crippen molar-refractivity contribution in [2.24, 2.45) is 0 Å². The number of aromatic nitrogens is 3. The van der Waals surface area contributed by atoms with Gasteiger partial charge >= 0.3 is 12.1 Å². The smallest absolute Gasteiger partial charge is 0.422 e. The van der Waals surface area contributed by atoms with Gasteiger partial charge in [-0.25, -0.2) is 10.5 Å². The van der Waals surface area contributed by atoms with Gasteiger partial charge in [-0.3, -0.25) is 15.0 Å². The second-order valence-corrected chi connectivity index (χ2v) is 7.35. The molecule has 9 nitrogen and oxygen atoms in total. The van der Waals surface area contributed by atoms with Gasteiger partial charge in [-0.2, -0.15) is 17.8 Å². The van der Waals surface area contributed by atoms with Crippen molar-refractivity contribution in [2.45, 2.75) is 24.2 Å². The van der Waals surface area contributed by atoms with Crippen molar-refractivity contribution in [2.75, 3.05) is 23.3 Å². The number of H-pyrrole nitrogens is 1. The van der Waals surface area contributed by atoms with Crippen molar-refractivity contribution in [1.82, 2.24) is 14.6 Å². The maximum absolute atomic E-state index is 12.8. The van der Waals surface area contributed by atoms with Crippen LogP contribution in [-0.2, 0) is 4.79 Å². The van der Waals surface area contributed by atoms with Gasteiger partial charge in [0.1, 0.15) is 11.3 Å². The molecule has 166 valence electrons. The van der Waals surface area contributed by atoms with Gasteiger partial charge in [-0.15, -0.1) is 0 Å². The van der Waals surface area contributed by atoms with E-state index in [0.29, 0.717) is 28.5 Å². The van der Waals surface area contributed by atoms with Crippen LogP contribution in [0.15, 0.2) is 46.5 Å². The quantitative estimate of drug-likeness (QED) is 0.159. The number of aromatic amines is 1. The van der Waals surface area contributed by atoms with Gasteiger partial charge in [-0.1, -0.05) is 11.8 Å². The number of carbonyl (C=O) groups is 1. The fourth-order valence-corrected chi connectivity index (χ4v) is 3.37. The molecule has 0 atom stereocenters. The van der Waals surface area contributed by atoms with Crippen LogP contribution in [0, 0.1) is 0 Å². The number of hydrazine groups is 1. The van der Waals surface area contributed by atoms with Crippen LogP contribution in [0.25, 0.3) is 11.0 Å². The number of carboxylic acids is 1. The first-order valence-corrected chi connectivity index (χ1v) is 9.98. The number of hydrogen-bond acceptors (Lipinski definition) is 7. The Morgan fingerprint density at radius 1 is 1.26 bits per heavy atom. The average Bonchev–Trinajstić information content (AvgIpc) is 3.18. The van der Waals surface area contributed by atoms with Crippen LogP contribution in [0.5, 0.6) is 5.75 Å². The molecule has 2 heterocycles. The number of rotatable bonds is 10. The van der Waals surface area contributed by atoms with Crippen LogP contribution in [0.3, 0.4) is 0 Å². The molecule has 0 aliphatic rings. The zero-order chi connectivity index (χ0) is 22.4. The van der Waals surface area contributed by atoms with Gasteiger partial charge in [0.15, 0.2) is 11.8 Å². The normalized spacial score (nSPS) is 11.5. The molecule has 4 N–H and O–H groups in total. The average molecular weight is 457 g/mol. The summed E-state index contributed by atoms with van der Waals surface area (Å²) in [5, 5.41) is 9.07. The molecular weight excluding hydrogens is 439 g/mol. The molecule has 1 aromatic carbocycles. The minimum absolute atomic E-state index is 0.00192. The first kappa shape index (κ1) is 22.3. The molecule has 0 radical (unpaired) electrons. The van der Waals surface area contributed by atoms with Crippen LogP contribution in [0.1, 0.15) is 12.8 Å². The number of benzene rings is 1. The molecule has 31 heavy (non-hydrogen) atoms. The number of carboxylic acid groups (broad SMARTS) is 1. The predicted octanol–water partition coefficient (Wildman–Crippen LogP) is 3.19. The van der Waals surface area contributed by atoms with Crippen molar-refractivity contribution in [3.05, 3.63) is 46.9 Å². The number of ether oxygens (including phenoxy) is 1. The number of anilines is 1. The van der Waals surface area contributed by atoms with Crippen LogP contribution < -0.4 is 21.3 Å². The summed E-state index contributed by atoms with van der Waals surface area (Å²) in [6.45, 7) is -1.39. The van der Waals surface area contributed by atoms with Crippen molar-refractivity contribution in [1.29, 1.82) is 0 Å². The summed E-state index contributed by atoms with van der Waals surface area (Å²) in [6, 6.07) is 7.31. The molecule has 0 saturated heterocycles. The molecule has 0 unspecified atom stereocenters. The topological polar surface area (TPSA) is 121 Å². The molecule has 0 aliphatic carbocycles. The summed E-state index contributed by atoms with van der Waals surface area (Å²) < 4.78 is 42.5. The fourth-order valence-electron chi connectivity index (χ4n) is 2.48. The van der Waals surface area contributed by atoms with Gasteiger partial charge < -0.3 is 14.8 Å². The highest BCUT2D eigenvalue weighted by atomic mass is 32.2. The van der Waals surface area contributed by atoms with E-state index < -0.39 is 24.3 Å². The van der Waals surface area contributed by atoms with Crippen molar-refractivity contribution in [3.8, 4) is 5.75 Å². The van der Waals surface area contributed by atoms with E-state index in [1.54, 1.807) is 12.3 Å². The number of nitrogens with one attached hydrogen (secondary N) is 3. The lowest BCUT2D eigenvalue weighted by Crippen LogP contribution is -2.34. The van der Waals surface area contributed by atoms with Crippen LogP contribution >= 0.6 is 11.8 Å². The molecule has 0 fully saturated rings. The zero-order valence-corrected chi connectivity index (χ0v) is 16.7. The van der Waals surface area contributed by atoms with E-state index in [4.69, 9.17) is 5.11 Å². The number of thioether (sulfide) groups is 1. The molecule has 0 aliphatic heterocycles. The first-order chi connectivity index (χ1) is 14.7. The Kier molecular flexibility index (Phi) is 6.95. The summed E-state index contributed by atoms with van der Waals surface area (Å²) in [5.74, 6) is -0.430. The second-order valence-electron chi connectivity index (χ2n) is 6.28. The molecule has 0 saturated carbocycles. The third-order valence-electron chi connectivity index (χ3n) is 3.88. The lowest BCUT2D eigenvalue weighted by atomic mass is 10.3. The fraction of sp³-hybridized carbons (Fsp3) is 0.278.